The van der Waals surface area contributed by atoms with Gasteiger partial charge in [-0.25, -0.2) is 10.0 Å². The number of hydrogen-bond donors (Lipinski definition) is 1. The van der Waals surface area contributed by atoms with Gasteiger partial charge >= 0.3 is 0 Å². The number of rotatable bonds is 6. The summed E-state index contributed by atoms with van der Waals surface area (Å²) in [5.74, 6) is 1.33. The molecular weight excluding hydrogens is 266 g/mol. The zero-order chi connectivity index (χ0) is 13.0. The molecule has 0 atom stereocenters. The highest BCUT2D eigenvalue weighted by Crippen LogP contribution is 2.44. The van der Waals surface area contributed by atoms with Crippen LogP contribution in [0.5, 0.6) is 0 Å². The lowest BCUT2D eigenvalue weighted by atomic mass is 10.4. The minimum Gasteiger partial charge on any atom is -0.461 e. The number of hydrazine groups is 1. The second-order valence-electron chi connectivity index (χ2n) is 3.22. The highest BCUT2D eigenvalue weighted by atomic mass is 32.2. The van der Waals surface area contributed by atoms with Gasteiger partial charge in [0.05, 0.1) is 6.26 Å². The molecule has 4 nitrogen and oxygen atoms in total. The van der Waals surface area contributed by atoms with Crippen molar-refractivity contribution in [2.45, 2.75) is 4.33 Å². The van der Waals surface area contributed by atoms with Crippen LogP contribution in [0.1, 0.15) is 5.76 Å². The van der Waals surface area contributed by atoms with Crippen molar-refractivity contribution in [1.82, 2.24) is 10.4 Å². The molecule has 0 saturated carbocycles. The van der Waals surface area contributed by atoms with Crippen LogP contribution in [-0.2, 0) is 0 Å². The van der Waals surface area contributed by atoms with Gasteiger partial charge in [0.2, 0.25) is 0 Å². The summed E-state index contributed by atoms with van der Waals surface area (Å²) < 4.78 is 4.72. The molecule has 0 aromatic carbocycles. The van der Waals surface area contributed by atoms with Gasteiger partial charge in [-0.3, -0.25) is 5.43 Å². The summed E-state index contributed by atoms with van der Waals surface area (Å²) in [7, 11) is 0. The Balaban J connectivity index is 2.38. The summed E-state index contributed by atoms with van der Waals surface area (Å²) in [6.45, 7) is 11.3. The minimum absolute atomic E-state index is 0.618. The number of amidine groups is 1. The summed E-state index contributed by atoms with van der Waals surface area (Å²) in [5, 5.41) is 5.27. The Bertz CT molecular complexity index is 472. The Morgan fingerprint density at radius 1 is 1.33 bits per heavy atom. The number of nitrogens with zero attached hydrogens (tertiary/aromatic N) is 2. The number of aliphatic imine (C=N–C) groups is 1. The Hall–Kier alpha value is -1.53. The average molecular weight is 279 g/mol. The Labute approximate surface area is 114 Å². The number of thioether (sulfide) groups is 2. The van der Waals surface area contributed by atoms with E-state index in [1.54, 1.807) is 28.3 Å². The summed E-state index contributed by atoms with van der Waals surface area (Å²) in [4.78, 5) is 4.64. The Morgan fingerprint density at radius 3 is 2.56 bits per heavy atom. The predicted molar refractivity (Wildman–Crippen MR) is 78.7 cm³/mol. The molecule has 0 unspecified atom stereocenters. The third-order valence-electron chi connectivity index (χ3n) is 2.19. The van der Waals surface area contributed by atoms with E-state index in [0.29, 0.717) is 11.6 Å². The fraction of sp³-hybridized carbons (Fsp3) is 0.0833. The monoisotopic (exact) mass is 279 g/mol. The van der Waals surface area contributed by atoms with Gasteiger partial charge in [-0.05, 0) is 22.9 Å². The molecule has 0 amide bonds. The van der Waals surface area contributed by atoms with E-state index in [4.69, 9.17) is 4.42 Å². The van der Waals surface area contributed by atoms with Gasteiger partial charge in [0, 0.05) is 6.20 Å². The Kier molecular flexibility index (Phi) is 3.88. The molecule has 0 bridgehead atoms. The van der Waals surface area contributed by atoms with Crippen molar-refractivity contribution in [3.8, 4) is 0 Å². The van der Waals surface area contributed by atoms with E-state index in [-0.39, 0.29) is 0 Å². The molecule has 1 aliphatic heterocycles. The second kappa shape index (κ2) is 5.41. The van der Waals surface area contributed by atoms with E-state index >= 15 is 0 Å². The van der Waals surface area contributed by atoms with E-state index in [0.717, 1.165) is 0 Å². The molecule has 0 radical (unpaired) electrons. The first-order valence-electron chi connectivity index (χ1n) is 5.15. The topological polar surface area (TPSA) is 40.8 Å². The fourth-order valence-corrected chi connectivity index (χ4v) is 3.32. The van der Waals surface area contributed by atoms with E-state index in [1.165, 1.54) is 23.5 Å². The predicted octanol–water partition coefficient (Wildman–Crippen LogP) is 3.35. The fourth-order valence-electron chi connectivity index (χ4n) is 1.50. The molecule has 1 N–H and O–H groups in total. The van der Waals surface area contributed by atoms with Crippen molar-refractivity contribution in [3.63, 3.8) is 0 Å². The number of furan rings is 1. The average Bonchev–Trinajstić information content (AvgIpc) is 2.97. The summed E-state index contributed by atoms with van der Waals surface area (Å²) >= 11 is 2.93. The van der Waals surface area contributed by atoms with Crippen molar-refractivity contribution in [3.05, 3.63) is 60.9 Å². The molecule has 0 spiro atoms. The van der Waals surface area contributed by atoms with E-state index < -0.39 is 4.33 Å². The van der Waals surface area contributed by atoms with E-state index in [9.17, 15) is 0 Å². The van der Waals surface area contributed by atoms with E-state index in [2.05, 4.69) is 30.2 Å². The minimum atomic E-state index is -0.618. The molecule has 1 aromatic rings. The van der Waals surface area contributed by atoms with Gasteiger partial charge in [-0.2, -0.15) is 0 Å². The molecule has 0 saturated heterocycles. The van der Waals surface area contributed by atoms with Crippen LogP contribution < -0.4 is 5.43 Å². The van der Waals surface area contributed by atoms with Crippen molar-refractivity contribution in [2.75, 3.05) is 0 Å². The number of hydrogen-bond acceptors (Lipinski definition) is 6. The lowest BCUT2D eigenvalue weighted by Crippen LogP contribution is -2.41. The third-order valence-corrected chi connectivity index (χ3v) is 4.30. The zero-order valence-corrected chi connectivity index (χ0v) is 11.3. The van der Waals surface area contributed by atoms with Crippen molar-refractivity contribution >= 4 is 29.4 Å². The lowest BCUT2D eigenvalue weighted by Gasteiger charge is -2.30. The van der Waals surface area contributed by atoms with Crippen LogP contribution in [0, 0.1) is 0 Å². The van der Waals surface area contributed by atoms with Gasteiger partial charge in [0.1, 0.15) is 0 Å². The first kappa shape index (κ1) is 12.9. The maximum atomic E-state index is 5.34. The van der Waals surface area contributed by atoms with Gasteiger partial charge in [-0.15, -0.1) is 0 Å². The van der Waals surface area contributed by atoms with Crippen LogP contribution in [-0.4, -0.2) is 15.2 Å². The molecule has 2 rings (SSSR count). The first-order valence-corrected chi connectivity index (χ1v) is 6.91. The smallest absolute Gasteiger partial charge is 0.255 e. The van der Waals surface area contributed by atoms with Gasteiger partial charge < -0.3 is 4.42 Å². The first-order chi connectivity index (χ1) is 8.75. The molecule has 0 aliphatic carbocycles. The number of nitrogens with one attached hydrogen (secondary N) is 1. The van der Waals surface area contributed by atoms with Crippen LogP contribution >= 0.6 is 23.5 Å². The van der Waals surface area contributed by atoms with Gasteiger partial charge in [0.15, 0.2) is 11.6 Å². The Morgan fingerprint density at radius 2 is 2.06 bits per heavy atom. The highest BCUT2D eigenvalue weighted by molar-refractivity contribution is 8.20. The standard InChI is InChI=1S/C12H13N3OS2/c1-4-15-12(17-5-2,18-6-3)13-11(14-15)10-8-7-9-16-10/h4-9H,1-3H2,(H,13,14). The molecular formula is C12H13N3OS2. The summed E-state index contributed by atoms with van der Waals surface area (Å²) in [6, 6.07) is 3.67. The zero-order valence-electron chi connectivity index (χ0n) is 9.70. The molecule has 6 heteroatoms. The van der Waals surface area contributed by atoms with Crippen molar-refractivity contribution < 1.29 is 4.42 Å². The van der Waals surface area contributed by atoms with Crippen molar-refractivity contribution in [2.24, 2.45) is 4.99 Å². The quantitative estimate of drug-likeness (QED) is 0.809. The molecule has 94 valence electrons. The van der Waals surface area contributed by atoms with Crippen LogP contribution in [0.25, 0.3) is 0 Å². The van der Waals surface area contributed by atoms with Crippen LogP contribution in [0.3, 0.4) is 0 Å². The largest absolute Gasteiger partial charge is 0.461 e. The maximum Gasteiger partial charge on any atom is 0.255 e. The van der Waals surface area contributed by atoms with E-state index in [1.807, 2.05) is 12.1 Å². The summed E-state index contributed by atoms with van der Waals surface area (Å²) in [5.41, 5.74) is 3.14. The second-order valence-corrected chi connectivity index (χ2v) is 5.75. The molecule has 1 aliphatic rings. The lowest BCUT2D eigenvalue weighted by molar-refractivity contribution is 0.325. The highest BCUT2D eigenvalue weighted by Gasteiger charge is 2.41. The maximum absolute atomic E-state index is 5.34. The van der Waals surface area contributed by atoms with Gasteiger partial charge in [0.25, 0.3) is 4.33 Å². The SMILES string of the molecule is C=CSC1(SC=C)N=C(c2ccco2)NN1C=C. The van der Waals surface area contributed by atoms with Crippen LogP contribution in [0.4, 0.5) is 0 Å². The normalized spacial score (nSPS) is 16.9. The van der Waals surface area contributed by atoms with Crippen LogP contribution in [0.15, 0.2) is 64.6 Å². The van der Waals surface area contributed by atoms with Crippen molar-refractivity contribution in [1.29, 1.82) is 0 Å². The molecule has 2 heterocycles. The molecule has 18 heavy (non-hydrogen) atoms. The van der Waals surface area contributed by atoms with Crippen LogP contribution in [0.2, 0.25) is 0 Å². The summed E-state index contributed by atoms with van der Waals surface area (Å²) in [6.07, 6.45) is 3.28. The third kappa shape index (κ3) is 2.21. The molecule has 0 fully saturated rings. The molecule has 1 aromatic heterocycles. The van der Waals surface area contributed by atoms with Gasteiger partial charge in [-0.1, -0.05) is 43.3 Å².